The molecule has 0 bridgehead atoms. The molecule has 0 radical (unpaired) electrons. The average molecular weight is 398 g/mol. The summed E-state index contributed by atoms with van der Waals surface area (Å²) in [4.78, 5) is 25.9. The second-order valence-corrected chi connectivity index (χ2v) is 7.17. The fourth-order valence-electron chi connectivity index (χ4n) is 3.49. The number of anilines is 3. The molecule has 2 heterocycles. The second kappa shape index (κ2) is 8.62. The van der Waals surface area contributed by atoms with Crippen molar-refractivity contribution in [3.8, 4) is 6.07 Å². The van der Waals surface area contributed by atoms with Gasteiger partial charge in [-0.1, -0.05) is 24.3 Å². The summed E-state index contributed by atoms with van der Waals surface area (Å²) < 4.78 is 0. The zero-order valence-corrected chi connectivity index (χ0v) is 16.7. The van der Waals surface area contributed by atoms with E-state index in [0.29, 0.717) is 17.2 Å². The Morgan fingerprint density at radius 1 is 1.03 bits per heavy atom. The smallest absolute Gasteiger partial charge is 0.274 e. The van der Waals surface area contributed by atoms with Crippen molar-refractivity contribution in [3.63, 3.8) is 0 Å². The summed E-state index contributed by atoms with van der Waals surface area (Å²) in [5, 5.41) is 12.0. The number of rotatable bonds is 4. The number of nitrogens with zero attached hydrogens (tertiary/aromatic N) is 5. The van der Waals surface area contributed by atoms with Crippen LogP contribution in [0.15, 0.2) is 60.8 Å². The van der Waals surface area contributed by atoms with Gasteiger partial charge in [0.15, 0.2) is 0 Å². The molecule has 4 rings (SSSR count). The fraction of sp³-hybridized carbons (Fsp3) is 0.217. The molecule has 7 heteroatoms. The summed E-state index contributed by atoms with van der Waals surface area (Å²) in [6, 6.07) is 19.0. The van der Waals surface area contributed by atoms with E-state index in [-0.39, 0.29) is 11.6 Å². The number of carbonyl (C=O) groups is 1. The third kappa shape index (κ3) is 4.23. The predicted octanol–water partition coefficient (Wildman–Crippen LogP) is 3.24. The molecule has 0 spiro atoms. The van der Waals surface area contributed by atoms with Crippen molar-refractivity contribution < 1.29 is 4.79 Å². The van der Waals surface area contributed by atoms with Crippen molar-refractivity contribution in [1.82, 2.24) is 9.97 Å². The van der Waals surface area contributed by atoms with E-state index < -0.39 is 0 Å². The van der Waals surface area contributed by atoms with E-state index in [9.17, 15) is 10.1 Å². The number of hydrogen-bond donors (Lipinski definition) is 1. The van der Waals surface area contributed by atoms with Crippen LogP contribution in [0.1, 0.15) is 21.6 Å². The number of aryl methyl sites for hydroxylation is 1. The van der Waals surface area contributed by atoms with Gasteiger partial charge in [0.2, 0.25) is 5.95 Å². The Bertz CT molecular complexity index is 1100. The highest BCUT2D eigenvalue weighted by Crippen LogP contribution is 2.20. The summed E-state index contributed by atoms with van der Waals surface area (Å²) in [7, 11) is 0. The molecule has 0 saturated carbocycles. The van der Waals surface area contributed by atoms with Crippen molar-refractivity contribution in [3.05, 3.63) is 77.6 Å². The molecule has 0 unspecified atom stereocenters. The summed E-state index contributed by atoms with van der Waals surface area (Å²) in [5.41, 5.74) is 3.62. The third-order valence-corrected chi connectivity index (χ3v) is 5.10. The van der Waals surface area contributed by atoms with Crippen LogP contribution in [0.25, 0.3) is 0 Å². The van der Waals surface area contributed by atoms with Gasteiger partial charge in [0.25, 0.3) is 5.91 Å². The predicted molar refractivity (Wildman–Crippen MR) is 117 cm³/mol. The molecule has 1 fully saturated rings. The molecule has 1 aromatic heterocycles. The molecular weight excluding hydrogens is 376 g/mol. The number of benzene rings is 2. The number of amides is 1. The quantitative estimate of drug-likeness (QED) is 0.726. The van der Waals surface area contributed by atoms with Crippen molar-refractivity contribution in [2.24, 2.45) is 0 Å². The van der Waals surface area contributed by atoms with Crippen LogP contribution >= 0.6 is 0 Å². The number of aromatic nitrogens is 2. The Labute approximate surface area is 175 Å². The Kier molecular flexibility index (Phi) is 5.57. The van der Waals surface area contributed by atoms with Gasteiger partial charge in [-0.2, -0.15) is 5.26 Å². The molecule has 2 aromatic carbocycles. The Morgan fingerprint density at radius 3 is 2.57 bits per heavy atom. The average Bonchev–Trinajstić information content (AvgIpc) is 2.79. The van der Waals surface area contributed by atoms with Crippen LogP contribution in [-0.4, -0.2) is 42.1 Å². The van der Waals surface area contributed by atoms with Crippen LogP contribution in [0.4, 0.5) is 17.3 Å². The molecule has 0 atom stereocenters. The van der Waals surface area contributed by atoms with Crippen molar-refractivity contribution in [2.75, 3.05) is 41.3 Å². The van der Waals surface area contributed by atoms with Gasteiger partial charge in [-0.3, -0.25) is 4.79 Å². The highest BCUT2D eigenvalue weighted by atomic mass is 16.1. The topological polar surface area (TPSA) is 85.1 Å². The van der Waals surface area contributed by atoms with Gasteiger partial charge in [0.1, 0.15) is 11.8 Å². The van der Waals surface area contributed by atoms with Crippen LogP contribution < -0.4 is 15.1 Å². The monoisotopic (exact) mass is 398 g/mol. The number of carbonyl (C=O) groups excluding carboxylic acids is 1. The second-order valence-electron chi connectivity index (χ2n) is 7.17. The third-order valence-electron chi connectivity index (χ3n) is 5.10. The highest BCUT2D eigenvalue weighted by molar-refractivity contribution is 6.03. The van der Waals surface area contributed by atoms with E-state index >= 15 is 0 Å². The first-order valence-electron chi connectivity index (χ1n) is 9.84. The van der Waals surface area contributed by atoms with Crippen LogP contribution in [-0.2, 0) is 0 Å². The maximum Gasteiger partial charge on any atom is 0.274 e. The number of nitriles is 1. The van der Waals surface area contributed by atoms with Gasteiger partial charge in [-0.05, 0) is 42.8 Å². The Morgan fingerprint density at radius 2 is 1.80 bits per heavy atom. The van der Waals surface area contributed by atoms with Gasteiger partial charge in [0, 0.05) is 38.1 Å². The van der Waals surface area contributed by atoms with Crippen LogP contribution in [0.2, 0.25) is 0 Å². The van der Waals surface area contributed by atoms with Gasteiger partial charge in [-0.15, -0.1) is 0 Å². The Hall–Kier alpha value is -3.92. The van der Waals surface area contributed by atoms with Gasteiger partial charge >= 0.3 is 0 Å². The van der Waals surface area contributed by atoms with Gasteiger partial charge in [0.05, 0.1) is 11.3 Å². The summed E-state index contributed by atoms with van der Waals surface area (Å²) >= 11 is 0. The standard InChI is InChI=1S/C23H22N6O/c1-17-5-4-7-19(15-17)28-11-13-29(14-12-28)23-25-10-9-21(27-23)22(30)26-20-8-3-2-6-18(20)16-24/h2-10,15H,11-14H2,1H3,(H,26,30). The number of nitrogens with one attached hydrogen (secondary N) is 1. The minimum Gasteiger partial charge on any atom is -0.368 e. The molecule has 1 saturated heterocycles. The lowest BCUT2D eigenvalue weighted by atomic mass is 10.2. The molecule has 1 aliphatic heterocycles. The van der Waals surface area contributed by atoms with E-state index in [4.69, 9.17) is 0 Å². The van der Waals surface area contributed by atoms with E-state index in [1.54, 1.807) is 36.5 Å². The first-order chi connectivity index (χ1) is 14.6. The maximum atomic E-state index is 12.6. The minimum absolute atomic E-state index is 0.272. The number of para-hydroxylation sites is 1. The normalized spacial score (nSPS) is 13.6. The Balaban J connectivity index is 1.44. The zero-order valence-electron chi connectivity index (χ0n) is 16.7. The molecule has 0 aliphatic carbocycles. The van der Waals surface area contributed by atoms with Crippen LogP contribution in [0, 0.1) is 18.3 Å². The molecule has 1 aliphatic rings. The lowest BCUT2D eigenvalue weighted by molar-refractivity contribution is 0.102. The first-order valence-corrected chi connectivity index (χ1v) is 9.84. The molecular formula is C23H22N6O. The van der Waals surface area contributed by atoms with E-state index in [0.717, 1.165) is 26.2 Å². The van der Waals surface area contributed by atoms with Gasteiger partial charge in [-0.25, -0.2) is 9.97 Å². The fourth-order valence-corrected chi connectivity index (χ4v) is 3.49. The van der Waals surface area contributed by atoms with Crippen LogP contribution in [0.3, 0.4) is 0 Å². The molecule has 1 amide bonds. The first kappa shape index (κ1) is 19.4. The summed E-state index contributed by atoms with van der Waals surface area (Å²) in [6.45, 7) is 5.36. The molecule has 150 valence electrons. The lowest BCUT2D eigenvalue weighted by Crippen LogP contribution is -2.47. The molecule has 7 nitrogen and oxygen atoms in total. The molecule has 30 heavy (non-hydrogen) atoms. The van der Waals surface area contributed by atoms with Crippen molar-refractivity contribution >= 4 is 23.2 Å². The van der Waals surface area contributed by atoms with E-state index in [1.165, 1.54) is 11.3 Å². The minimum atomic E-state index is -0.361. The largest absolute Gasteiger partial charge is 0.368 e. The van der Waals surface area contributed by atoms with E-state index in [1.807, 2.05) is 0 Å². The summed E-state index contributed by atoms with van der Waals surface area (Å²) in [5.74, 6) is 0.180. The molecule has 3 aromatic rings. The SMILES string of the molecule is Cc1cccc(N2CCN(c3nccc(C(=O)Nc4ccccc4C#N)n3)CC2)c1. The zero-order chi connectivity index (χ0) is 20.9. The lowest BCUT2D eigenvalue weighted by Gasteiger charge is -2.36. The number of piperazine rings is 1. The van der Waals surface area contributed by atoms with Crippen molar-refractivity contribution in [1.29, 1.82) is 5.26 Å². The number of hydrogen-bond acceptors (Lipinski definition) is 6. The van der Waals surface area contributed by atoms with E-state index in [2.05, 4.69) is 62.3 Å². The summed E-state index contributed by atoms with van der Waals surface area (Å²) in [6.07, 6.45) is 1.60. The van der Waals surface area contributed by atoms with Gasteiger partial charge < -0.3 is 15.1 Å². The highest BCUT2D eigenvalue weighted by Gasteiger charge is 2.20. The molecule has 1 N–H and O–H groups in total. The van der Waals surface area contributed by atoms with Crippen LogP contribution in [0.5, 0.6) is 0 Å². The van der Waals surface area contributed by atoms with Crippen molar-refractivity contribution in [2.45, 2.75) is 6.92 Å². The maximum absolute atomic E-state index is 12.6.